The SMILES string of the molecule is Cc1ccsc1C(=O)N1CC[C@@H](NC(=O)c2cccnc2)[C@@H](CO)C1. The molecule has 1 aliphatic rings. The molecule has 7 heteroatoms. The molecule has 1 aliphatic heterocycles. The van der Waals surface area contributed by atoms with E-state index in [9.17, 15) is 14.7 Å². The fraction of sp³-hybridized carbons (Fsp3) is 0.389. The first-order valence-electron chi connectivity index (χ1n) is 8.25. The number of likely N-dealkylation sites (tertiary alicyclic amines) is 1. The van der Waals surface area contributed by atoms with Crippen molar-refractivity contribution in [2.24, 2.45) is 5.92 Å². The van der Waals surface area contributed by atoms with Gasteiger partial charge in [0.05, 0.1) is 10.4 Å². The maximum absolute atomic E-state index is 12.7. The van der Waals surface area contributed by atoms with Crippen LogP contribution in [0.25, 0.3) is 0 Å². The van der Waals surface area contributed by atoms with E-state index >= 15 is 0 Å². The summed E-state index contributed by atoms with van der Waals surface area (Å²) >= 11 is 1.44. The van der Waals surface area contributed by atoms with Gasteiger partial charge in [-0.05, 0) is 42.5 Å². The summed E-state index contributed by atoms with van der Waals surface area (Å²) in [6.45, 7) is 2.84. The zero-order valence-corrected chi connectivity index (χ0v) is 14.8. The number of aliphatic hydroxyl groups excluding tert-OH is 1. The highest BCUT2D eigenvalue weighted by atomic mass is 32.1. The van der Waals surface area contributed by atoms with Crippen molar-refractivity contribution in [3.05, 3.63) is 52.0 Å². The molecular weight excluding hydrogens is 338 g/mol. The van der Waals surface area contributed by atoms with Gasteiger partial charge in [0.1, 0.15) is 0 Å². The van der Waals surface area contributed by atoms with Gasteiger partial charge >= 0.3 is 0 Å². The molecule has 0 saturated carbocycles. The Hall–Kier alpha value is -2.25. The van der Waals surface area contributed by atoms with Gasteiger partial charge in [-0.15, -0.1) is 11.3 Å². The number of aromatic nitrogens is 1. The number of aliphatic hydroxyl groups is 1. The molecule has 25 heavy (non-hydrogen) atoms. The number of carbonyl (C=O) groups is 2. The highest BCUT2D eigenvalue weighted by Crippen LogP contribution is 2.23. The Kier molecular flexibility index (Phi) is 5.45. The van der Waals surface area contributed by atoms with Crippen molar-refractivity contribution >= 4 is 23.2 Å². The van der Waals surface area contributed by atoms with Crippen LogP contribution < -0.4 is 5.32 Å². The maximum Gasteiger partial charge on any atom is 0.264 e. The Morgan fingerprint density at radius 1 is 1.44 bits per heavy atom. The average Bonchev–Trinajstić information content (AvgIpc) is 3.08. The minimum Gasteiger partial charge on any atom is -0.396 e. The molecule has 0 spiro atoms. The van der Waals surface area contributed by atoms with E-state index < -0.39 is 0 Å². The largest absolute Gasteiger partial charge is 0.396 e. The average molecular weight is 359 g/mol. The lowest BCUT2D eigenvalue weighted by Crippen LogP contribution is -2.53. The number of aryl methyl sites for hydroxylation is 1. The second kappa shape index (κ2) is 7.76. The molecule has 1 fully saturated rings. The first-order chi connectivity index (χ1) is 12.1. The lowest BCUT2D eigenvalue weighted by molar-refractivity contribution is 0.0537. The molecule has 0 radical (unpaired) electrons. The number of pyridine rings is 1. The number of piperidine rings is 1. The molecule has 3 rings (SSSR count). The number of amides is 2. The van der Waals surface area contributed by atoms with Crippen molar-refractivity contribution in [2.45, 2.75) is 19.4 Å². The van der Waals surface area contributed by atoms with Crippen molar-refractivity contribution in [2.75, 3.05) is 19.7 Å². The topological polar surface area (TPSA) is 82.5 Å². The first kappa shape index (κ1) is 17.6. The van der Waals surface area contributed by atoms with Crippen LogP contribution in [0.2, 0.25) is 0 Å². The lowest BCUT2D eigenvalue weighted by atomic mass is 9.92. The van der Waals surface area contributed by atoms with Gasteiger partial charge in [0.25, 0.3) is 11.8 Å². The van der Waals surface area contributed by atoms with Crippen molar-refractivity contribution in [1.82, 2.24) is 15.2 Å². The summed E-state index contributed by atoms with van der Waals surface area (Å²) in [7, 11) is 0. The van der Waals surface area contributed by atoms with Crippen molar-refractivity contribution in [3.8, 4) is 0 Å². The van der Waals surface area contributed by atoms with Gasteiger partial charge in [0.15, 0.2) is 0 Å². The summed E-state index contributed by atoms with van der Waals surface area (Å²) in [5.74, 6) is -0.382. The summed E-state index contributed by atoms with van der Waals surface area (Å²) in [4.78, 5) is 31.4. The van der Waals surface area contributed by atoms with Gasteiger partial charge in [-0.25, -0.2) is 0 Å². The molecule has 0 aromatic carbocycles. The Morgan fingerprint density at radius 2 is 2.28 bits per heavy atom. The minimum absolute atomic E-state index is 0.00276. The Morgan fingerprint density at radius 3 is 2.92 bits per heavy atom. The van der Waals surface area contributed by atoms with Gasteiger partial charge in [-0.2, -0.15) is 0 Å². The normalized spacial score (nSPS) is 20.3. The van der Waals surface area contributed by atoms with Crippen LogP contribution in [-0.4, -0.2) is 52.5 Å². The van der Waals surface area contributed by atoms with Crippen LogP contribution in [0.4, 0.5) is 0 Å². The van der Waals surface area contributed by atoms with E-state index in [0.717, 1.165) is 10.4 Å². The van der Waals surface area contributed by atoms with Crippen LogP contribution in [0, 0.1) is 12.8 Å². The Labute approximate surface area is 150 Å². The number of nitrogens with one attached hydrogen (secondary N) is 1. The van der Waals surface area contributed by atoms with Crippen molar-refractivity contribution < 1.29 is 14.7 Å². The number of thiophene rings is 1. The third-order valence-electron chi connectivity index (χ3n) is 4.55. The fourth-order valence-corrected chi connectivity index (χ4v) is 3.97. The molecule has 2 amide bonds. The zero-order chi connectivity index (χ0) is 17.8. The zero-order valence-electron chi connectivity index (χ0n) is 14.0. The van der Waals surface area contributed by atoms with E-state index in [4.69, 9.17) is 0 Å². The molecule has 0 bridgehead atoms. The third-order valence-corrected chi connectivity index (χ3v) is 5.56. The van der Waals surface area contributed by atoms with Crippen LogP contribution in [0.15, 0.2) is 36.0 Å². The fourth-order valence-electron chi connectivity index (χ4n) is 3.08. The summed E-state index contributed by atoms with van der Waals surface area (Å²) in [6.07, 6.45) is 3.75. The quantitative estimate of drug-likeness (QED) is 0.871. The maximum atomic E-state index is 12.7. The van der Waals surface area contributed by atoms with Crippen LogP contribution in [0.1, 0.15) is 32.0 Å². The number of hydrogen-bond donors (Lipinski definition) is 2. The number of nitrogens with zero attached hydrogens (tertiary/aromatic N) is 2. The van der Waals surface area contributed by atoms with Gasteiger partial charge in [0, 0.05) is 44.0 Å². The molecule has 2 aromatic rings. The predicted octanol–water partition coefficient (Wildman–Crippen LogP) is 1.70. The molecule has 0 aliphatic carbocycles. The van der Waals surface area contributed by atoms with Crippen molar-refractivity contribution in [3.63, 3.8) is 0 Å². The van der Waals surface area contributed by atoms with Gasteiger partial charge < -0.3 is 15.3 Å². The van der Waals surface area contributed by atoms with Crippen LogP contribution in [0.5, 0.6) is 0 Å². The molecule has 132 valence electrons. The predicted molar refractivity (Wildman–Crippen MR) is 95.6 cm³/mol. The van der Waals surface area contributed by atoms with E-state index in [1.54, 1.807) is 23.2 Å². The van der Waals surface area contributed by atoms with E-state index in [1.165, 1.54) is 17.5 Å². The van der Waals surface area contributed by atoms with Gasteiger partial charge in [-0.3, -0.25) is 14.6 Å². The second-order valence-corrected chi connectivity index (χ2v) is 7.15. The Balaban J connectivity index is 1.65. The molecule has 3 heterocycles. The highest BCUT2D eigenvalue weighted by Gasteiger charge is 2.33. The lowest BCUT2D eigenvalue weighted by Gasteiger charge is -2.38. The summed E-state index contributed by atoms with van der Waals surface area (Å²) < 4.78 is 0. The molecule has 1 saturated heterocycles. The van der Waals surface area contributed by atoms with Crippen LogP contribution in [-0.2, 0) is 0 Å². The second-order valence-electron chi connectivity index (χ2n) is 6.24. The monoisotopic (exact) mass is 359 g/mol. The number of hydrogen-bond acceptors (Lipinski definition) is 5. The minimum atomic E-state index is -0.203. The molecule has 6 nitrogen and oxygen atoms in total. The van der Waals surface area contributed by atoms with E-state index in [-0.39, 0.29) is 30.4 Å². The smallest absolute Gasteiger partial charge is 0.264 e. The van der Waals surface area contributed by atoms with Crippen molar-refractivity contribution in [1.29, 1.82) is 0 Å². The van der Waals surface area contributed by atoms with Crippen LogP contribution in [0.3, 0.4) is 0 Å². The Bertz CT molecular complexity index is 747. The first-order valence-corrected chi connectivity index (χ1v) is 9.13. The molecule has 2 aromatic heterocycles. The molecule has 2 N–H and O–H groups in total. The van der Waals surface area contributed by atoms with Crippen LogP contribution >= 0.6 is 11.3 Å². The third kappa shape index (κ3) is 3.88. The number of rotatable bonds is 4. The standard InChI is InChI=1S/C18H21N3O3S/c1-12-5-8-25-16(12)18(24)21-7-4-15(14(10-21)11-22)20-17(23)13-3-2-6-19-9-13/h2-3,5-6,8-9,14-15,22H,4,7,10-11H2,1H3,(H,20,23)/t14-,15-/m1/s1. The van der Waals surface area contributed by atoms with E-state index in [1.807, 2.05) is 18.4 Å². The van der Waals surface area contributed by atoms with E-state index in [2.05, 4.69) is 10.3 Å². The summed E-state index contributed by atoms with van der Waals surface area (Å²) in [6, 6.07) is 5.19. The number of carbonyl (C=O) groups excluding carboxylic acids is 2. The summed E-state index contributed by atoms with van der Waals surface area (Å²) in [5, 5.41) is 14.6. The molecule has 2 atom stereocenters. The molecule has 0 unspecified atom stereocenters. The van der Waals surface area contributed by atoms with Gasteiger partial charge in [-0.1, -0.05) is 0 Å². The highest BCUT2D eigenvalue weighted by molar-refractivity contribution is 7.12. The summed E-state index contributed by atoms with van der Waals surface area (Å²) in [5.41, 5.74) is 1.47. The van der Waals surface area contributed by atoms with Gasteiger partial charge in [0.2, 0.25) is 0 Å². The molecular formula is C18H21N3O3S. The van der Waals surface area contributed by atoms with E-state index in [0.29, 0.717) is 25.1 Å².